The van der Waals surface area contributed by atoms with E-state index in [2.05, 4.69) is 15.3 Å². The fourth-order valence-corrected chi connectivity index (χ4v) is 3.52. The number of amides is 2. The number of alkyl halides is 3. The summed E-state index contributed by atoms with van der Waals surface area (Å²) in [4.78, 5) is 35.6. The van der Waals surface area contributed by atoms with Gasteiger partial charge in [-0.05, 0) is 25.5 Å². The molecule has 1 aromatic carbocycles. The first-order valence-electron chi connectivity index (χ1n) is 9.95. The summed E-state index contributed by atoms with van der Waals surface area (Å²) in [5, 5.41) is 2.81. The highest BCUT2D eigenvalue weighted by Crippen LogP contribution is 2.31. The molecule has 0 aliphatic carbocycles. The molecule has 0 saturated carbocycles. The number of anilines is 1. The number of nitrogens with zero attached hydrogens (tertiary/aromatic N) is 4. The maximum atomic E-state index is 14.2. The van der Waals surface area contributed by atoms with E-state index in [0.29, 0.717) is 25.6 Å². The lowest BCUT2D eigenvalue weighted by Gasteiger charge is -2.23. The minimum Gasteiger partial charge on any atom is -0.348 e. The molecule has 1 N–H and O–H groups in total. The van der Waals surface area contributed by atoms with Gasteiger partial charge in [-0.15, -0.1) is 0 Å². The van der Waals surface area contributed by atoms with Crippen LogP contribution in [-0.4, -0.2) is 57.8 Å². The molecule has 11 heteroatoms. The van der Waals surface area contributed by atoms with E-state index in [1.807, 2.05) is 0 Å². The van der Waals surface area contributed by atoms with E-state index in [1.54, 1.807) is 23.8 Å². The number of carbonyl (C=O) groups excluding carboxylic acids is 2. The SMILES string of the molecule is CC(=O)N(C)[C@H]1CCN(C(=O)c2cnc(NC(C)c3ccc(C(F)(F)F)cc3F)nc2)C1. The topological polar surface area (TPSA) is 78.4 Å². The van der Waals surface area contributed by atoms with Gasteiger partial charge in [0.05, 0.1) is 23.2 Å². The molecule has 2 amide bonds. The van der Waals surface area contributed by atoms with E-state index < -0.39 is 23.6 Å². The molecule has 32 heavy (non-hydrogen) atoms. The summed E-state index contributed by atoms with van der Waals surface area (Å²) in [6.45, 7) is 3.95. The standard InChI is InChI=1S/C21H23F4N5O2/c1-12(17-5-4-15(8-18(17)22)21(23,24)25)28-20-26-9-14(10-27-20)19(32)30-7-6-16(11-30)29(3)13(2)31/h4-5,8-10,12,16H,6-7,11H2,1-3H3,(H,26,27,28)/t12?,16-/m0/s1. The Balaban J connectivity index is 1.64. The highest BCUT2D eigenvalue weighted by atomic mass is 19.4. The summed E-state index contributed by atoms with van der Waals surface area (Å²) in [5.41, 5.74) is -0.779. The van der Waals surface area contributed by atoms with Crippen LogP contribution in [0, 0.1) is 5.82 Å². The number of nitrogens with one attached hydrogen (secondary N) is 1. The first-order chi connectivity index (χ1) is 15.0. The normalized spacial score (nSPS) is 17.2. The van der Waals surface area contributed by atoms with Gasteiger partial charge in [0.1, 0.15) is 5.82 Å². The number of halogens is 4. The molecule has 1 unspecified atom stereocenters. The van der Waals surface area contributed by atoms with Crippen molar-refractivity contribution < 1.29 is 27.2 Å². The largest absolute Gasteiger partial charge is 0.416 e. The van der Waals surface area contributed by atoms with Crippen molar-refractivity contribution in [3.63, 3.8) is 0 Å². The van der Waals surface area contributed by atoms with Gasteiger partial charge in [-0.1, -0.05) is 6.07 Å². The lowest BCUT2D eigenvalue weighted by molar-refractivity contribution is -0.137. The molecule has 1 aromatic heterocycles. The fourth-order valence-electron chi connectivity index (χ4n) is 3.52. The van der Waals surface area contributed by atoms with Gasteiger partial charge < -0.3 is 15.1 Å². The lowest BCUT2D eigenvalue weighted by Crippen LogP contribution is -2.39. The number of rotatable bonds is 5. The maximum absolute atomic E-state index is 14.2. The second kappa shape index (κ2) is 9.09. The Hall–Kier alpha value is -3.24. The molecule has 1 fully saturated rings. The van der Waals surface area contributed by atoms with Gasteiger partial charge >= 0.3 is 6.18 Å². The van der Waals surface area contributed by atoms with Crippen LogP contribution >= 0.6 is 0 Å². The van der Waals surface area contributed by atoms with E-state index in [1.165, 1.54) is 19.3 Å². The number of benzene rings is 1. The van der Waals surface area contributed by atoms with Crippen LogP contribution in [0.3, 0.4) is 0 Å². The van der Waals surface area contributed by atoms with Gasteiger partial charge in [0, 0.05) is 45.0 Å². The predicted octanol–water partition coefficient (Wildman–Crippen LogP) is 3.50. The van der Waals surface area contributed by atoms with Crippen molar-refractivity contribution in [2.45, 2.75) is 38.5 Å². The zero-order valence-electron chi connectivity index (χ0n) is 17.8. The molecule has 1 saturated heterocycles. The van der Waals surface area contributed by atoms with Gasteiger partial charge in [0.15, 0.2) is 0 Å². The molecular formula is C21H23F4N5O2. The lowest BCUT2D eigenvalue weighted by atomic mass is 10.0. The van der Waals surface area contributed by atoms with Crippen molar-refractivity contribution in [1.29, 1.82) is 0 Å². The Labute approximate surface area is 182 Å². The molecule has 3 rings (SSSR count). The van der Waals surface area contributed by atoms with E-state index in [-0.39, 0.29) is 34.9 Å². The molecule has 0 bridgehead atoms. The summed E-state index contributed by atoms with van der Waals surface area (Å²) < 4.78 is 52.3. The molecule has 0 spiro atoms. The fraction of sp³-hybridized carbons (Fsp3) is 0.429. The van der Waals surface area contributed by atoms with E-state index in [0.717, 1.165) is 12.1 Å². The van der Waals surface area contributed by atoms with Crippen LogP contribution in [0.2, 0.25) is 0 Å². The van der Waals surface area contributed by atoms with E-state index >= 15 is 0 Å². The van der Waals surface area contributed by atoms with Crippen LogP contribution in [0.5, 0.6) is 0 Å². The van der Waals surface area contributed by atoms with Gasteiger partial charge in [-0.3, -0.25) is 9.59 Å². The zero-order chi connectivity index (χ0) is 23.6. The van der Waals surface area contributed by atoms with Crippen molar-refractivity contribution in [2.24, 2.45) is 0 Å². The number of hydrogen-bond donors (Lipinski definition) is 1. The van der Waals surface area contributed by atoms with Crippen molar-refractivity contribution in [1.82, 2.24) is 19.8 Å². The van der Waals surface area contributed by atoms with Crippen LogP contribution in [-0.2, 0) is 11.0 Å². The van der Waals surface area contributed by atoms with Gasteiger partial charge in [-0.25, -0.2) is 14.4 Å². The monoisotopic (exact) mass is 453 g/mol. The number of hydrogen-bond acceptors (Lipinski definition) is 5. The maximum Gasteiger partial charge on any atom is 0.416 e. The second-order valence-corrected chi connectivity index (χ2v) is 7.72. The number of likely N-dealkylation sites (tertiary alicyclic amines) is 1. The first kappa shape index (κ1) is 23.4. The Morgan fingerprint density at radius 3 is 2.47 bits per heavy atom. The van der Waals surface area contributed by atoms with Gasteiger partial charge in [0.2, 0.25) is 11.9 Å². The molecule has 0 radical (unpaired) electrons. The minimum atomic E-state index is -4.63. The number of aromatic nitrogens is 2. The summed E-state index contributed by atoms with van der Waals surface area (Å²) in [6.07, 6.45) is -1.29. The summed E-state index contributed by atoms with van der Waals surface area (Å²) >= 11 is 0. The van der Waals surface area contributed by atoms with Crippen molar-refractivity contribution in [3.05, 3.63) is 53.1 Å². The van der Waals surface area contributed by atoms with Crippen LogP contribution in [0.25, 0.3) is 0 Å². The van der Waals surface area contributed by atoms with Crippen LogP contribution in [0.1, 0.15) is 47.8 Å². The first-order valence-corrected chi connectivity index (χ1v) is 9.95. The molecule has 7 nitrogen and oxygen atoms in total. The molecule has 2 atom stereocenters. The molecule has 2 heterocycles. The van der Waals surface area contributed by atoms with E-state index in [4.69, 9.17) is 0 Å². The van der Waals surface area contributed by atoms with Crippen molar-refractivity contribution >= 4 is 17.8 Å². The third kappa shape index (κ3) is 5.14. The Morgan fingerprint density at radius 1 is 1.25 bits per heavy atom. The Morgan fingerprint density at radius 2 is 1.91 bits per heavy atom. The van der Waals surface area contributed by atoms with Crippen molar-refractivity contribution in [3.8, 4) is 0 Å². The third-order valence-electron chi connectivity index (χ3n) is 5.53. The number of carbonyl (C=O) groups is 2. The summed E-state index contributed by atoms with van der Waals surface area (Å²) in [6, 6.07) is 1.57. The summed E-state index contributed by atoms with van der Waals surface area (Å²) in [7, 11) is 1.70. The van der Waals surface area contributed by atoms with E-state index in [9.17, 15) is 27.2 Å². The minimum absolute atomic E-state index is 0.0273. The second-order valence-electron chi connectivity index (χ2n) is 7.72. The van der Waals surface area contributed by atoms with Crippen LogP contribution in [0.4, 0.5) is 23.5 Å². The van der Waals surface area contributed by atoms with Crippen molar-refractivity contribution in [2.75, 3.05) is 25.5 Å². The Kier molecular flexibility index (Phi) is 6.65. The quantitative estimate of drug-likeness (QED) is 0.702. The van der Waals surface area contributed by atoms with Crippen LogP contribution < -0.4 is 5.32 Å². The molecular weight excluding hydrogens is 430 g/mol. The highest BCUT2D eigenvalue weighted by Gasteiger charge is 2.32. The zero-order valence-corrected chi connectivity index (χ0v) is 17.8. The van der Waals surface area contributed by atoms with Gasteiger partial charge in [-0.2, -0.15) is 13.2 Å². The Bertz CT molecular complexity index is 997. The molecule has 1 aliphatic rings. The average molecular weight is 453 g/mol. The smallest absolute Gasteiger partial charge is 0.348 e. The number of likely N-dealkylation sites (N-methyl/N-ethyl adjacent to an activating group) is 1. The van der Waals surface area contributed by atoms with Gasteiger partial charge in [0.25, 0.3) is 5.91 Å². The summed E-state index contributed by atoms with van der Waals surface area (Å²) in [5.74, 6) is -1.23. The molecule has 1 aliphatic heterocycles. The third-order valence-corrected chi connectivity index (χ3v) is 5.53. The average Bonchev–Trinajstić information content (AvgIpc) is 3.22. The van der Waals surface area contributed by atoms with Crippen LogP contribution in [0.15, 0.2) is 30.6 Å². The highest BCUT2D eigenvalue weighted by molar-refractivity contribution is 5.94. The molecule has 2 aromatic rings. The predicted molar refractivity (Wildman–Crippen MR) is 108 cm³/mol. The molecule has 172 valence electrons.